The van der Waals surface area contributed by atoms with Crippen LogP contribution in [-0.4, -0.2) is 31.6 Å². The first kappa shape index (κ1) is 21.4. The third kappa shape index (κ3) is 7.04. The number of hydrogen-bond acceptors (Lipinski definition) is 4. The SMILES string of the molecule is CCOCCOc1ccccc1C(=O)Nc1ccc(NC(=O)CC(C)C)cc1. The summed E-state index contributed by atoms with van der Waals surface area (Å²) in [5, 5.41) is 5.69. The first-order valence-corrected chi connectivity index (χ1v) is 9.50. The molecule has 0 heterocycles. The molecule has 2 N–H and O–H groups in total. The molecule has 0 radical (unpaired) electrons. The van der Waals surface area contributed by atoms with Gasteiger partial charge >= 0.3 is 0 Å². The van der Waals surface area contributed by atoms with E-state index in [1.807, 2.05) is 26.8 Å². The molecule has 0 spiro atoms. The Bertz CT molecular complexity index is 772. The van der Waals surface area contributed by atoms with Gasteiger partial charge in [-0.25, -0.2) is 0 Å². The van der Waals surface area contributed by atoms with Gasteiger partial charge in [0.1, 0.15) is 12.4 Å². The number of carbonyl (C=O) groups is 2. The Balaban J connectivity index is 1.96. The van der Waals surface area contributed by atoms with Crippen LogP contribution in [0, 0.1) is 5.92 Å². The predicted molar refractivity (Wildman–Crippen MR) is 111 cm³/mol. The Morgan fingerprint density at radius 3 is 2.21 bits per heavy atom. The molecule has 28 heavy (non-hydrogen) atoms. The Labute approximate surface area is 166 Å². The molecule has 0 saturated carbocycles. The van der Waals surface area contributed by atoms with Crippen molar-refractivity contribution in [2.24, 2.45) is 5.92 Å². The number of amides is 2. The monoisotopic (exact) mass is 384 g/mol. The van der Waals surface area contributed by atoms with Crippen molar-refractivity contribution in [3.8, 4) is 5.75 Å². The Morgan fingerprint density at radius 1 is 0.929 bits per heavy atom. The number of anilines is 2. The van der Waals surface area contributed by atoms with Gasteiger partial charge in [-0.1, -0.05) is 26.0 Å². The van der Waals surface area contributed by atoms with Crippen molar-refractivity contribution >= 4 is 23.2 Å². The highest BCUT2D eigenvalue weighted by Gasteiger charge is 2.12. The summed E-state index contributed by atoms with van der Waals surface area (Å²) in [6, 6.07) is 14.1. The van der Waals surface area contributed by atoms with Gasteiger partial charge in [0.2, 0.25) is 5.91 Å². The molecular weight excluding hydrogens is 356 g/mol. The third-order valence-electron chi connectivity index (χ3n) is 3.84. The summed E-state index contributed by atoms with van der Waals surface area (Å²) in [6.45, 7) is 7.38. The van der Waals surface area contributed by atoms with E-state index >= 15 is 0 Å². The minimum Gasteiger partial charge on any atom is -0.490 e. The van der Waals surface area contributed by atoms with Crippen molar-refractivity contribution in [1.29, 1.82) is 0 Å². The highest BCUT2D eigenvalue weighted by molar-refractivity contribution is 6.06. The number of carbonyl (C=O) groups excluding carboxylic acids is 2. The zero-order valence-electron chi connectivity index (χ0n) is 16.7. The number of nitrogens with one attached hydrogen (secondary N) is 2. The predicted octanol–water partition coefficient (Wildman–Crippen LogP) is 4.34. The van der Waals surface area contributed by atoms with Crippen molar-refractivity contribution < 1.29 is 19.1 Å². The molecule has 0 saturated heterocycles. The van der Waals surface area contributed by atoms with Gasteiger partial charge < -0.3 is 20.1 Å². The van der Waals surface area contributed by atoms with E-state index in [9.17, 15) is 9.59 Å². The van der Waals surface area contributed by atoms with Gasteiger partial charge in [-0.3, -0.25) is 9.59 Å². The van der Waals surface area contributed by atoms with E-state index in [1.165, 1.54) is 0 Å². The lowest BCUT2D eigenvalue weighted by molar-refractivity contribution is -0.116. The Hall–Kier alpha value is -2.86. The van der Waals surface area contributed by atoms with Crippen LogP contribution in [0.25, 0.3) is 0 Å². The number of para-hydroxylation sites is 1. The van der Waals surface area contributed by atoms with Crippen molar-refractivity contribution in [2.45, 2.75) is 27.2 Å². The second-order valence-corrected chi connectivity index (χ2v) is 6.72. The Kier molecular flexibility index (Phi) is 8.49. The molecule has 0 fully saturated rings. The molecule has 6 nitrogen and oxygen atoms in total. The molecule has 0 bridgehead atoms. The standard InChI is InChI=1S/C22H28N2O4/c1-4-27-13-14-28-20-8-6-5-7-19(20)22(26)24-18-11-9-17(10-12-18)23-21(25)15-16(2)3/h5-12,16H,4,13-15H2,1-3H3,(H,23,25)(H,24,26). The van der Waals surface area contributed by atoms with Crippen LogP contribution in [0.2, 0.25) is 0 Å². The zero-order valence-corrected chi connectivity index (χ0v) is 16.7. The van der Waals surface area contributed by atoms with Crippen LogP contribution in [-0.2, 0) is 9.53 Å². The molecule has 0 atom stereocenters. The minimum absolute atomic E-state index is 0.0232. The molecule has 0 aliphatic carbocycles. The molecular formula is C22H28N2O4. The molecule has 0 aliphatic heterocycles. The summed E-state index contributed by atoms with van der Waals surface area (Å²) in [6.07, 6.45) is 0.471. The van der Waals surface area contributed by atoms with Gasteiger partial charge in [-0.15, -0.1) is 0 Å². The minimum atomic E-state index is -0.261. The van der Waals surface area contributed by atoms with Crippen LogP contribution >= 0.6 is 0 Å². The molecule has 0 aliphatic rings. The third-order valence-corrected chi connectivity index (χ3v) is 3.84. The van der Waals surface area contributed by atoms with Gasteiger partial charge in [-0.2, -0.15) is 0 Å². The van der Waals surface area contributed by atoms with Gasteiger partial charge in [0.05, 0.1) is 12.2 Å². The molecule has 2 rings (SSSR count). The van der Waals surface area contributed by atoms with E-state index in [0.29, 0.717) is 54.8 Å². The van der Waals surface area contributed by atoms with E-state index in [4.69, 9.17) is 9.47 Å². The van der Waals surface area contributed by atoms with E-state index in [2.05, 4.69) is 10.6 Å². The highest BCUT2D eigenvalue weighted by atomic mass is 16.5. The van der Waals surface area contributed by atoms with Gasteiger partial charge in [0.15, 0.2) is 0 Å². The van der Waals surface area contributed by atoms with Crippen molar-refractivity contribution in [2.75, 3.05) is 30.5 Å². The number of benzene rings is 2. The molecule has 2 aromatic carbocycles. The van der Waals surface area contributed by atoms with E-state index < -0.39 is 0 Å². The van der Waals surface area contributed by atoms with Gasteiger partial charge in [0.25, 0.3) is 5.91 Å². The first-order valence-electron chi connectivity index (χ1n) is 9.50. The maximum Gasteiger partial charge on any atom is 0.259 e. The number of hydrogen-bond donors (Lipinski definition) is 2. The zero-order chi connectivity index (χ0) is 20.4. The fourth-order valence-electron chi connectivity index (χ4n) is 2.55. The Morgan fingerprint density at radius 2 is 1.57 bits per heavy atom. The summed E-state index contributed by atoms with van der Waals surface area (Å²) in [5.74, 6) is 0.528. The van der Waals surface area contributed by atoms with E-state index in [-0.39, 0.29) is 11.8 Å². The fourth-order valence-corrected chi connectivity index (χ4v) is 2.55. The molecule has 0 aromatic heterocycles. The second-order valence-electron chi connectivity index (χ2n) is 6.72. The van der Waals surface area contributed by atoms with Crippen LogP contribution < -0.4 is 15.4 Å². The molecule has 0 unspecified atom stereocenters. The average molecular weight is 384 g/mol. The van der Waals surface area contributed by atoms with Crippen LogP contribution in [0.4, 0.5) is 11.4 Å². The van der Waals surface area contributed by atoms with Crippen molar-refractivity contribution in [3.63, 3.8) is 0 Å². The smallest absolute Gasteiger partial charge is 0.259 e. The normalized spacial score (nSPS) is 10.6. The van der Waals surface area contributed by atoms with Crippen LogP contribution in [0.5, 0.6) is 5.75 Å². The van der Waals surface area contributed by atoms with E-state index in [0.717, 1.165) is 0 Å². The lowest BCUT2D eigenvalue weighted by Crippen LogP contribution is -2.15. The molecule has 2 aromatic rings. The van der Waals surface area contributed by atoms with Crippen molar-refractivity contribution in [3.05, 3.63) is 54.1 Å². The highest BCUT2D eigenvalue weighted by Crippen LogP contribution is 2.21. The molecule has 6 heteroatoms. The van der Waals surface area contributed by atoms with E-state index in [1.54, 1.807) is 42.5 Å². The average Bonchev–Trinajstić information content (AvgIpc) is 2.66. The number of ether oxygens (including phenoxy) is 2. The molecule has 2 amide bonds. The molecule has 150 valence electrons. The largest absolute Gasteiger partial charge is 0.490 e. The summed E-state index contributed by atoms with van der Waals surface area (Å²) in [7, 11) is 0. The van der Waals surface area contributed by atoms with Crippen LogP contribution in [0.15, 0.2) is 48.5 Å². The summed E-state index contributed by atoms with van der Waals surface area (Å²) < 4.78 is 10.9. The van der Waals surface area contributed by atoms with Crippen molar-refractivity contribution in [1.82, 2.24) is 0 Å². The second kappa shape index (κ2) is 11.1. The number of rotatable bonds is 10. The van der Waals surface area contributed by atoms with Crippen LogP contribution in [0.3, 0.4) is 0 Å². The maximum absolute atomic E-state index is 12.6. The summed E-state index contributed by atoms with van der Waals surface area (Å²) in [5.41, 5.74) is 1.78. The lowest BCUT2D eigenvalue weighted by Gasteiger charge is -2.12. The van der Waals surface area contributed by atoms with Gasteiger partial charge in [-0.05, 0) is 49.2 Å². The fraction of sp³-hybridized carbons (Fsp3) is 0.364. The quantitative estimate of drug-likeness (QED) is 0.598. The van der Waals surface area contributed by atoms with Gasteiger partial charge in [0, 0.05) is 24.4 Å². The lowest BCUT2D eigenvalue weighted by atomic mass is 10.1. The first-order chi connectivity index (χ1) is 13.5. The summed E-state index contributed by atoms with van der Waals surface area (Å²) >= 11 is 0. The topological polar surface area (TPSA) is 76.7 Å². The van der Waals surface area contributed by atoms with Crippen LogP contribution in [0.1, 0.15) is 37.6 Å². The maximum atomic E-state index is 12.6. The summed E-state index contributed by atoms with van der Waals surface area (Å²) in [4.78, 5) is 24.4.